The minimum Gasteiger partial charge on any atom is -0.460 e. The lowest BCUT2D eigenvalue weighted by atomic mass is 10.2. The number of hydrogen-bond donors (Lipinski definition) is 3. The molecule has 0 aliphatic carbocycles. The van der Waals surface area contributed by atoms with E-state index in [0.29, 0.717) is 13.1 Å². The molecule has 1 rings (SSSR count). The quantitative estimate of drug-likeness (QED) is 0.435. The van der Waals surface area contributed by atoms with Crippen molar-refractivity contribution in [2.45, 2.75) is 38.3 Å². The average molecular weight is 307 g/mol. The first-order valence-electron chi connectivity index (χ1n) is 7.56. The van der Waals surface area contributed by atoms with Crippen LogP contribution in [0.2, 0.25) is 0 Å². The highest BCUT2D eigenvalue weighted by Crippen LogP contribution is 2.02. The van der Waals surface area contributed by atoms with Crippen LogP contribution in [0, 0.1) is 0 Å². The molecule has 1 aromatic rings. The molecule has 0 bridgehead atoms. The molecule has 122 valence electrons. The molecule has 0 aliphatic heterocycles. The SMILES string of the molecule is NCCCCCNC(=O)CC(N)C(=O)OCc1ccccc1. The van der Waals surface area contributed by atoms with Gasteiger partial charge in [0.15, 0.2) is 0 Å². The van der Waals surface area contributed by atoms with E-state index >= 15 is 0 Å². The summed E-state index contributed by atoms with van der Waals surface area (Å²) in [6, 6.07) is 8.38. The van der Waals surface area contributed by atoms with Crippen LogP contribution in [0.25, 0.3) is 0 Å². The Hall–Kier alpha value is -1.92. The molecule has 0 saturated carbocycles. The largest absolute Gasteiger partial charge is 0.460 e. The molecule has 0 radical (unpaired) electrons. The van der Waals surface area contributed by atoms with Gasteiger partial charge in [0.25, 0.3) is 0 Å². The first-order chi connectivity index (χ1) is 10.6. The zero-order valence-corrected chi connectivity index (χ0v) is 12.8. The van der Waals surface area contributed by atoms with Crippen LogP contribution < -0.4 is 16.8 Å². The maximum absolute atomic E-state index is 11.7. The Morgan fingerprint density at radius 1 is 1.14 bits per heavy atom. The van der Waals surface area contributed by atoms with Crippen molar-refractivity contribution >= 4 is 11.9 Å². The highest BCUT2D eigenvalue weighted by atomic mass is 16.5. The molecule has 0 aliphatic rings. The summed E-state index contributed by atoms with van der Waals surface area (Å²) in [6.07, 6.45) is 2.73. The minimum absolute atomic E-state index is 0.0650. The highest BCUT2D eigenvalue weighted by molar-refractivity contribution is 5.85. The number of carbonyl (C=O) groups excluding carboxylic acids is 2. The molecule has 6 nitrogen and oxygen atoms in total. The highest BCUT2D eigenvalue weighted by Gasteiger charge is 2.18. The zero-order valence-electron chi connectivity index (χ0n) is 12.8. The topological polar surface area (TPSA) is 107 Å². The number of unbranched alkanes of at least 4 members (excludes halogenated alkanes) is 2. The molecule has 5 N–H and O–H groups in total. The van der Waals surface area contributed by atoms with Crippen LogP contribution in [0.3, 0.4) is 0 Å². The summed E-state index contributed by atoms with van der Waals surface area (Å²) in [5.74, 6) is -0.806. The lowest BCUT2D eigenvalue weighted by Crippen LogP contribution is -2.38. The van der Waals surface area contributed by atoms with E-state index in [1.54, 1.807) is 0 Å². The number of nitrogens with two attached hydrogens (primary N) is 2. The monoisotopic (exact) mass is 307 g/mol. The summed E-state index contributed by atoms with van der Waals surface area (Å²) in [6.45, 7) is 1.39. The fraction of sp³-hybridized carbons (Fsp3) is 0.500. The molecular weight excluding hydrogens is 282 g/mol. The average Bonchev–Trinajstić information content (AvgIpc) is 2.53. The summed E-state index contributed by atoms with van der Waals surface area (Å²) in [5, 5.41) is 2.73. The molecular formula is C16H25N3O3. The molecule has 1 aromatic carbocycles. The van der Waals surface area contributed by atoms with Gasteiger partial charge in [-0.1, -0.05) is 36.8 Å². The molecule has 0 saturated heterocycles. The molecule has 6 heteroatoms. The van der Waals surface area contributed by atoms with Crippen molar-refractivity contribution in [1.29, 1.82) is 0 Å². The van der Waals surface area contributed by atoms with E-state index < -0.39 is 12.0 Å². The van der Waals surface area contributed by atoms with Gasteiger partial charge in [0.1, 0.15) is 12.6 Å². The van der Waals surface area contributed by atoms with Crippen LogP contribution in [0.4, 0.5) is 0 Å². The summed E-state index contributed by atoms with van der Waals surface area (Å²) in [5.41, 5.74) is 11.9. The molecule has 0 spiro atoms. The molecule has 0 aromatic heterocycles. The predicted molar refractivity (Wildman–Crippen MR) is 84.7 cm³/mol. The standard InChI is InChI=1S/C16H25N3O3/c17-9-5-2-6-10-19-15(20)11-14(18)16(21)22-12-13-7-3-1-4-8-13/h1,3-4,7-8,14H,2,5-6,9-12,17-18H2,(H,19,20). The number of nitrogens with one attached hydrogen (secondary N) is 1. The third kappa shape index (κ3) is 7.75. The fourth-order valence-electron chi connectivity index (χ4n) is 1.86. The van der Waals surface area contributed by atoms with E-state index in [-0.39, 0.29) is 18.9 Å². The molecule has 0 fully saturated rings. The number of amides is 1. The smallest absolute Gasteiger partial charge is 0.323 e. The first kappa shape index (κ1) is 18.1. The Morgan fingerprint density at radius 2 is 1.86 bits per heavy atom. The van der Waals surface area contributed by atoms with Gasteiger partial charge in [-0.15, -0.1) is 0 Å². The number of benzene rings is 1. The second-order valence-corrected chi connectivity index (χ2v) is 5.10. The van der Waals surface area contributed by atoms with Crippen molar-refractivity contribution in [2.24, 2.45) is 11.5 Å². The Balaban J connectivity index is 2.18. The number of hydrogen-bond acceptors (Lipinski definition) is 5. The van der Waals surface area contributed by atoms with Crippen molar-refractivity contribution < 1.29 is 14.3 Å². The molecule has 1 unspecified atom stereocenters. The van der Waals surface area contributed by atoms with Gasteiger partial charge < -0.3 is 21.5 Å². The molecule has 22 heavy (non-hydrogen) atoms. The van der Waals surface area contributed by atoms with E-state index in [4.69, 9.17) is 16.2 Å². The van der Waals surface area contributed by atoms with Crippen molar-refractivity contribution in [3.63, 3.8) is 0 Å². The third-order valence-electron chi connectivity index (χ3n) is 3.14. The second-order valence-electron chi connectivity index (χ2n) is 5.10. The van der Waals surface area contributed by atoms with Crippen LogP contribution in [-0.2, 0) is 20.9 Å². The van der Waals surface area contributed by atoms with Crippen molar-refractivity contribution in [2.75, 3.05) is 13.1 Å². The molecule has 1 atom stereocenters. The minimum atomic E-state index is -0.937. The van der Waals surface area contributed by atoms with E-state index in [9.17, 15) is 9.59 Å². The van der Waals surface area contributed by atoms with Crippen LogP contribution >= 0.6 is 0 Å². The van der Waals surface area contributed by atoms with Crippen LogP contribution in [0.15, 0.2) is 30.3 Å². The molecule has 1 amide bonds. The lowest BCUT2D eigenvalue weighted by Gasteiger charge is -2.12. The second kappa shape index (κ2) is 10.8. The van der Waals surface area contributed by atoms with Crippen molar-refractivity contribution in [1.82, 2.24) is 5.32 Å². The number of carbonyl (C=O) groups is 2. The van der Waals surface area contributed by atoms with Crippen LogP contribution in [0.5, 0.6) is 0 Å². The normalized spacial score (nSPS) is 11.7. The zero-order chi connectivity index (χ0) is 16.2. The Labute approximate surface area is 131 Å². The van der Waals surface area contributed by atoms with Gasteiger partial charge in [0, 0.05) is 6.54 Å². The van der Waals surface area contributed by atoms with Crippen LogP contribution in [-0.4, -0.2) is 31.0 Å². The number of rotatable bonds is 10. The van der Waals surface area contributed by atoms with Crippen molar-refractivity contribution in [3.8, 4) is 0 Å². The molecule has 0 heterocycles. The van der Waals surface area contributed by atoms with Gasteiger partial charge in [0.2, 0.25) is 5.91 Å². The maximum atomic E-state index is 11.7. The summed E-state index contributed by atoms with van der Waals surface area (Å²) >= 11 is 0. The summed E-state index contributed by atoms with van der Waals surface area (Å²) < 4.78 is 5.09. The maximum Gasteiger partial charge on any atom is 0.323 e. The predicted octanol–water partition coefficient (Wildman–Crippen LogP) is 0.692. The van der Waals surface area contributed by atoms with E-state index in [1.165, 1.54) is 0 Å². The number of esters is 1. The third-order valence-corrected chi connectivity index (χ3v) is 3.14. The summed E-state index contributed by atoms with van der Waals surface area (Å²) in [4.78, 5) is 23.4. The lowest BCUT2D eigenvalue weighted by molar-refractivity contribution is -0.147. The Kier molecular flexibility index (Phi) is 8.86. The van der Waals surface area contributed by atoms with E-state index in [1.807, 2.05) is 30.3 Å². The van der Waals surface area contributed by atoms with E-state index in [2.05, 4.69) is 5.32 Å². The van der Waals surface area contributed by atoms with Gasteiger partial charge in [-0.3, -0.25) is 9.59 Å². The fourth-order valence-corrected chi connectivity index (χ4v) is 1.86. The first-order valence-corrected chi connectivity index (χ1v) is 7.56. The van der Waals surface area contributed by atoms with Crippen LogP contribution in [0.1, 0.15) is 31.2 Å². The van der Waals surface area contributed by atoms with E-state index in [0.717, 1.165) is 24.8 Å². The van der Waals surface area contributed by atoms with Gasteiger partial charge in [-0.2, -0.15) is 0 Å². The van der Waals surface area contributed by atoms with Crippen molar-refractivity contribution in [3.05, 3.63) is 35.9 Å². The van der Waals surface area contributed by atoms with Gasteiger partial charge in [-0.25, -0.2) is 0 Å². The summed E-state index contributed by atoms with van der Waals surface area (Å²) in [7, 11) is 0. The van der Waals surface area contributed by atoms with Gasteiger partial charge in [0.05, 0.1) is 6.42 Å². The van der Waals surface area contributed by atoms with Gasteiger partial charge >= 0.3 is 5.97 Å². The Morgan fingerprint density at radius 3 is 2.55 bits per heavy atom. The number of ether oxygens (including phenoxy) is 1. The Bertz CT molecular complexity index is 451. The van der Waals surface area contributed by atoms with Gasteiger partial charge in [-0.05, 0) is 24.9 Å².